The average molecular weight is 700 g/mol. The fourth-order valence-electron chi connectivity index (χ4n) is 7.20. The molecule has 0 fully saturated rings. The Hall–Kier alpha value is -4.24. The summed E-state index contributed by atoms with van der Waals surface area (Å²) in [6.45, 7) is 15.8. The Balaban J connectivity index is 1.30. The van der Waals surface area contributed by atoms with Gasteiger partial charge in [-0.1, -0.05) is 63.2 Å². The number of fused-ring (bicyclic) bond motifs is 2. The minimum Gasteiger partial charge on any atom is -0.463 e. The largest absolute Gasteiger partial charge is 0.463 e. The molecule has 4 rings (SSSR count). The smallest absolute Gasteiger partial charge is 0.308 e. The zero-order valence-electron chi connectivity index (χ0n) is 31.8. The maximum atomic E-state index is 12.8. The number of hydrogen-bond acceptors (Lipinski definition) is 6. The summed E-state index contributed by atoms with van der Waals surface area (Å²) in [4.78, 5) is 38.5. The first-order valence-corrected chi connectivity index (χ1v) is 18.7. The quantitative estimate of drug-likeness (QED) is 0.0945. The van der Waals surface area contributed by atoms with Crippen molar-refractivity contribution in [3.63, 3.8) is 0 Å². The van der Waals surface area contributed by atoms with E-state index in [0.717, 1.165) is 32.4 Å². The van der Waals surface area contributed by atoms with E-state index in [1.807, 2.05) is 6.92 Å². The number of anilines is 1. The highest BCUT2D eigenvalue weighted by molar-refractivity contribution is 6.03. The molecule has 2 aromatic rings. The lowest BCUT2D eigenvalue weighted by atomic mass is 9.81. The van der Waals surface area contributed by atoms with Crippen molar-refractivity contribution in [2.24, 2.45) is 0 Å². The van der Waals surface area contributed by atoms with Crippen LogP contribution < -0.4 is 15.5 Å². The maximum Gasteiger partial charge on any atom is 0.308 e. The molecule has 0 radical (unpaired) electrons. The molecule has 2 aliphatic heterocycles. The molecule has 0 bridgehead atoms. The van der Waals surface area contributed by atoms with Crippen molar-refractivity contribution in [2.75, 3.05) is 44.9 Å². The van der Waals surface area contributed by atoms with E-state index in [9.17, 15) is 14.4 Å². The van der Waals surface area contributed by atoms with Crippen molar-refractivity contribution in [2.45, 2.75) is 103 Å². The van der Waals surface area contributed by atoms with Crippen LogP contribution >= 0.6 is 0 Å². The van der Waals surface area contributed by atoms with Crippen LogP contribution in [0, 0.1) is 0 Å². The number of amides is 2. The van der Waals surface area contributed by atoms with Crippen molar-refractivity contribution < 1.29 is 28.4 Å². The van der Waals surface area contributed by atoms with Crippen molar-refractivity contribution in [3.05, 3.63) is 83.6 Å². The topological polar surface area (TPSA) is 100.0 Å². The van der Waals surface area contributed by atoms with E-state index in [2.05, 4.69) is 121 Å². The number of rotatable bonds is 19. The first kappa shape index (κ1) is 39.5. The van der Waals surface area contributed by atoms with E-state index in [1.165, 1.54) is 33.9 Å². The van der Waals surface area contributed by atoms with Crippen LogP contribution in [0.25, 0.3) is 0 Å². The molecule has 2 aliphatic rings. The van der Waals surface area contributed by atoms with Crippen molar-refractivity contribution in [1.82, 2.24) is 10.6 Å². The lowest BCUT2D eigenvalue weighted by molar-refractivity contribution is -0.438. The van der Waals surface area contributed by atoms with Crippen molar-refractivity contribution >= 4 is 34.9 Å². The Kier molecular flexibility index (Phi) is 14.2. The Bertz CT molecular complexity index is 1620. The van der Waals surface area contributed by atoms with Crippen LogP contribution in [0.2, 0.25) is 0 Å². The second-order valence-electron chi connectivity index (χ2n) is 14.4. The number of esters is 1. The number of likely N-dealkylation sites (N-methyl/N-ethyl adjacent to an activating group) is 1. The molecule has 1 unspecified atom stereocenters. The van der Waals surface area contributed by atoms with E-state index in [1.54, 1.807) is 7.05 Å². The molecule has 51 heavy (non-hydrogen) atoms. The van der Waals surface area contributed by atoms with Crippen LogP contribution in [0.15, 0.2) is 72.5 Å². The van der Waals surface area contributed by atoms with Crippen molar-refractivity contribution in [3.8, 4) is 0 Å². The summed E-state index contributed by atoms with van der Waals surface area (Å²) in [6.07, 6.45) is 11.0. The van der Waals surface area contributed by atoms with Crippen LogP contribution in [0.1, 0.15) is 97.6 Å². The zero-order valence-corrected chi connectivity index (χ0v) is 31.8. The first-order valence-electron chi connectivity index (χ1n) is 18.7. The summed E-state index contributed by atoms with van der Waals surface area (Å²) in [5, 5.41) is 5.55. The summed E-state index contributed by atoms with van der Waals surface area (Å²) in [6, 6.07) is 17.2. The first-order chi connectivity index (χ1) is 24.4. The normalized spacial score (nSPS) is 17.1. The highest BCUT2D eigenvalue weighted by atomic mass is 16.5. The lowest BCUT2D eigenvalue weighted by Crippen LogP contribution is -2.38. The Morgan fingerprint density at radius 3 is 2.29 bits per heavy atom. The number of allylic oxidation sites excluding steroid dienone is 4. The molecular weight excluding hydrogens is 640 g/mol. The number of unbranched alkanes of at least 4 members (excludes halogenated alkanes) is 2. The molecule has 1 atom stereocenters. The summed E-state index contributed by atoms with van der Waals surface area (Å²) in [5.74, 6) is -0.512. The van der Waals surface area contributed by atoms with Gasteiger partial charge >= 0.3 is 5.97 Å². The molecule has 276 valence electrons. The second kappa shape index (κ2) is 18.3. The minimum atomic E-state index is -0.382. The zero-order chi connectivity index (χ0) is 37.0. The summed E-state index contributed by atoms with van der Waals surface area (Å²) < 4.78 is 13.1. The fourth-order valence-corrected chi connectivity index (χ4v) is 7.20. The van der Waals surface area contributed by atoms with Gasteiger partial charge in [0.25, 0.3) is 0 Å². The Labute approximate surface area is 305 Å². The van der Waals surface area contributed by atoms with Crippen LogP contribution in [0.5, 0.6) is 0 Å². The Morgan fingerprint density at radius 2 is 1.57 bits per heavy atom. The second-order valence-corrected chi connectivity index (χ2v) is 14.4. The minimum absolute atomic E-state index is 0.0237. The predicted octanol–water partition coefficient (Wildman–Crippen LogP) is 6.86. The standard InChI is InChI=1S/C42H58N4O5/c1-8-31(30-51-40(49)26-29-50-28-25-38(47)43-7)44-39(48)24-11-10-16-27-46-35-21-15-13-19-33(35)42(5,6)37(46)23-17-22-36-41(3,4)32-18-12-14-20-34(32)45(36)9-2/h12-15,17-23,31H,8-11,16,24-30H2,1-7H3,(H-,43,44,47,48)/p+1. The number of hydrogen-bond donors (Lipinski definition) is 2. The van der Waals surface area contributed by atoms with E-state index >= 15 is 0 Å². The molecule has 0 spiro atoms. The third kappa shape index (κ3) is 9.76. The van der Waals surface area contributed by atoms with Gasteiger partial charge in [0.05, 0.1) is 31.1 Å². The number of nitrogens with one attached hydrogen (secondary N) is 2. The molecule has 9 nitrogen and oxygen atoms in total. The molecule has 0 saturated heterocycles. The highest BCUT2D eigenvalue weighted by Crippen LogP contribution is 2.47. The van der Waals surface area contributed by atoms with Gasteiger partial charge in [-0.05, 0) is 57.7 Å². The van der Waals surface area contributed by atoms with Gasteiger partial charge in [0.1, 0.15) is 13.2 Å². The van der Waals surface area contributed by atoms with Gasteiger partial charge in [-0.3, -0.25) is 14.4 Å². The molecule has 2 amide bonds. The lowest BCUT2D eigenvalue weighted by Gasteiger charge is -2.25. The maximum absolute atomic E-state index is 12.8. The van der Waals surface area contributed by atoms with E-state index in [0.29, 0.717) is 12.8 Å². The summed E-state index contributed by atoms with van der Waals surface area (Å²) >= 11 is 0. The van der Waals surface area contributed by atoms with E-state index in [4.69, 9.17) is 9.47 Å². The monoisotopic (exact) mass is 699 g/mol. The molecular formula is C42H59N4O5+. The van der Waals surface area contributed by atoms with Gasteiger partial charge in [-0.25, -0.2) is 0 Å². The highest BCUT2D eigenvalue weighted by Gasteiger charge is 2.44. The number of ether oxygens (including phenoxy) is 2. The molecule has 0 aromatic heterocycles. The number of carbonyl (C=O) groups excluding carboxylic acids is 3. The molecule has 0 aliphatic carbocycles. The van der Waals surface area contributed by atoms with Gasteiger partial charge in [-0.15, -0.1) is 0 Å². The number of carbonyl (C=O) groups is 3. The van der Waals surface area contributed by atoms with Crippen molar-refractivity contribution in [1.29, 1.82) is 0 Å². The molecule has 2 heterocycles. The average Bonchev–Trinajstić information content (AvgIpc) is 3.47. The van der Waals surface area contributed by atoms with Gasteiger partial charge in [0.15, 0.2) is 5.71 Å². The number of nitrogens with zero attached hydrogens (tertiary/aromatic N) is 2. The predicted molar refractivity (Wildman–Crippen MR) is 205 cm³/mol. The summed E-state index contributed by atoms with van der Waals surface area (Å²) in [5.41, 5.74) is 7.63. The van der Waals surface area contributed by atoms with E-state index < -0.39 is 0 Å². The SMILES string of the molecule is CCC(COC(=O)CCOCCC(=O)NC)NC(=O)CCCCC[N+]1=C(/C=C/C=C2/N(CC)c3ccccc3C2(C)C)C(C)(C)c2ccccc21. The third-order valence-corrected chi connectivity index (χ3v) is 10.2. The molecule has 2 aromatic carbocycles. The van der Waals surface area contributed by atoms with Gasteiger partial charge in [0.2, 0.25) is 17.5 Å². The van der Waals surface area contributed by atoms with Crippen LogP contribution in [0.4, 0.5) is 11.4 Å². The third-order valence-electron chi connectivity index (χ3n) is 10.2. The molecule has 0 saturated carbocycles. The van der Waals surface area contributed by atoms with Crippen LogP contribution in [-0.4, -0.2) is 74.1 Å². The molecule has 2 N–H and O–H groups in total. The van der Waals surface area contributed by atoms with Crippen LogP contribution in [0.3, 0.4) is 0 Å². The van der Waals surface area contributed by atoms with Gasteiger partial charge < -0.3 is 25.0 Å². The fraction of sp³-hybridized carbons (Fsp3) is 0.524. The molecule has 9 heteroatoms. The number of benzene rings is 2. The summed E-state index contributed by atoms with van der Waals surface area (Å²) in [7, 11) is 1.57. The Morgan fingerprint density at radius 1 is 0.863 bits per heavy atom. The number of para-hydroxylation sites is 2. The van der Waals surface area contributed by atoms with Gasteiger partial charge in [-0.2, -0.15) is 4.58 Å². The van der Waals surface area contributed by atoms with E-state index in [-0.39, 0.29) is 67.3 Å². The van der Waals surface area contributed by atoms with Gasteiger partial charge in [0, 0.05) is 67.4 Å². The van der Waals surface area contributed by atoms with Crippen LogP contribution in [-0.2, 0) is 34.7 Å².